The molecule has 2 fully saturated rings. The number of fused-ring (bicyclic) bond motifs is 2. The molecule has 1 amide bonds. The number of hydrogen-bond acceptors (Lipinski definition) is 6. The number of alkyl halides is 2. The predicted octanol–water partition coefficient (Wildman–Crippen LogP) is 4.30. The van der Waals surface area contributed by atoms with Crippen LogP contribution in [0.25, 0.3) is 10.9 Å². The number of amides is 1. The molecule has 0 atom stereocenters. The molecule has 200 valence electrons. The fourth-order valence-corrected chi connectivity index (χ4v) is 5.98. The minimum absolute atomic E-state index is 0.0515. The van der Waals surface area contributed by atoms with Gasteiger partial charge in [-0.15, -0.1) is 0 Å². The summed E-state index contributed by atoms with van der Waals surface area (Å²) in [5.74, 6) is -1.81. The maximum Gasteiger partial charge on any atom is 0.266 e. The summed E-state index contributed by atoms with van der Waals surface area (Å²) in [4.78, 5) is 28.3. The summed E-state index contributed by atoms with van der Waals surface area (Å²) in [7, 11) is 0. The number of aromatic nitrogens is 2. The monoisotopic (exact) mass is 520 g/mol. The highest BCUT2D eigenvalue weighted by Gasteiger charge is 2.38. The van der Waals surface area contributed by atoms with Crippen LogP contribution in [-0.2, 0) is 13.0 Å². The number of benzene rings is 2. The van der Waals surface area contributed by atoms with Gasteiger partial charge < -0.3 is 20.4 Å². The summed E-state index contributed by atoms with van der Waals surface area (Å²) in [6.07, 6.45) is 3.88. The Morgan fingerprint density at radius 3 is 2.50 bits per heavy atom. The van der Waals surface area contributed by atoms with Gasteiger partial charge in [0, 0.05) is 61.3 Å². The van der Waals surface area contributed by atoms with Crippen LogP contribution in [0, 0.1) is 6.92 Å². The molecular weight excluding hydrogens is 486 g/mol. The van der Waals surface area contributed by atoms with E-state index in [1.807, 2.05) is 43.0 Å². The Labute approximate surface area is 221 Å². The highest BCUT2D eigenvalue weighted by Crippen LogP contribution is 2.36. The zero-order valence-electron chi connectivity index (χ0n) is 22.0. The molecule has 0 unspecified atom stereocenters. The van der Waals surface area contributed by atoms with Crippen LogP contribution < -0.4 is 15.5 Å². The standard InChI is InChI=1S/C29H34F2N6O/c1-19-13-23(37-12-8-29(30,31)17-37)15-24-25(19)33-18-34-26(24)36-9-5-20-3-4-21(14-22(20)16-36)27(38)35-10-6-28(2,32)7-11-35/h3-4,13-15,18H,5-12,16-17,32H2,1-2H3. The average molecular weight is 521 g/mol. The number of halogens is 2. The Morgan fingerprint density at radius 1 is 0.974 bits per heavy atom. The predicted molar refractivity (Wildman–Crippen MR) is 145 cm³/mol. The minimum Gasteiger partial charge on any atom is -0.365 e. The van der Waals surface area contributed by atoms with Gasteiger partial charge in [0.25, 0.3) is 11.8 Å². The van der Waals surface area contributed by atoms with Crippen molar-refractivity contribution < 1.29 is 13.6 Å². The van der Waals surface area contributed by atoms with Gasteiger partial charge in [-0.1, -0.05) is 6.07 Å². The molecule has 4 heterocycles. The third-order valence-corrected chi connectivity index (χ3v) is 8.39. The molecule has 2 aromatic carbocycles. The Hall–Kier alpha value is -3.33. The normalized spacial score (nSPS) is 20.6. The van der Waals surface area contributed by atoms with Crippen molar-refractivity contribution in [3.05, 3.63) is 58.9 Å². The van der Waals surface area contributed by atoms with E-state index in [2.05, 4.69) is 20.9 Å². The first-order valence-electron chi connectivity index (χ1n) is 13.4. The summed E-state index contributed by atoms with van der Waals surface area (Å²) in [6, 6.07) is 9.93. The molecule has 0 saturated carbocycles. The van der Waals surface area contributed by atoms with Gasteiger partial charge in [0.15, 0.2) is 0 Å². The molecule has 0 radical (unpaired) electrons. The van der Waals surface area contributed by atoms with Gasteiger partial charge in [0.1, 0.15) is 12.1 Å². The summed E-state index contributed by atoms with van der Waals surface area (Å²) >= 11 is 0. The lowest BCUT2D eigenvalue weighted by Crippen LogP contribution is -2.49. The van der Waals surface area contributed by atoms with Crippen LogP contribution in [0.1, 0.15) is 53.2 Å². The van der Waals surface area contributed by atoms with Crippen molar-refractivity contribution in [1.29, 1.82) is 0 Å². The second-order valence-corrected chi connectivity index (χ2v) is 11.5. The largest absolute Gasteiger partial charge is 0.365 e. The van der Waals surface area contributed by atoms with E-state index >= 15 is 0 Å². The second-order valence-electron chi connectivity index (χ2n) is 11.5. The highest BCUT2D eigenvalue weighted by atomic mass is 19.3. The molecule has 0 bridgehead atoms. The van der Waals surface area contributed by atoms with Crippen molar-refractivity contribution in [1.82, 2.24) is 14.9 Å². The van der Waals surface area contributed by atoms with Gasteiger partial charge in [-0.2, -0.15) is 0 Å². The Kier molecular flexibility index (Phi) is 6.01. The fourth-order valence-electron chi connectivity index (χ4n) is 5.98. The van der Waals surface area contributed by atoms with Gasteiger partial charge in [-0.3, -0.25) is 4.79 Å². The number of rotatable bonds is 3. The van der Waals surface area contributed by atoms with Crippen LogP contribution in [0.5, 0.6) is 0 Å². The maximum absolute atomic E-state index is 13.9. The average Bonchev–Trinajstić information content (AvgIpc) is 3.27. The molecule has 2 saturated heterocycles. The molecule has 9 heteroatoms. The first-order chi connectivity index (χ1) is 18.1. The number of nitrogens with two attached hydrogens (primary N) is 1. The highest BCUT2D eigenvalue weighted by molar-refractivity contribution is 5.95. The van der Waals surface area contributed by atoms with Crippen LogP contribution in [0.15, 0.2) is 36.7 Å². The number of hydrogen-bond donors (Lipinski definition) is 1. The van der Waals surface area contributed by atoms with Crippen molar-refractivity contribution in [2.75, 3.05) is 42.5 Å². The Balaban J connectivity index is 1.28. The number of anilines is 2. The van der Waals surface area contributed by atoms with Crippen LogP contribution in [0.2, 0.25) is 0 Å². The maximum atomic E-state index is 13.9. The Bertz CT molecular complexity index is 1400. The van der Waals surface area contributed by atoms with E-state index in [0.29, 0.717) is 31.7 Å². The van der Waals surface area contributed by atoms with E-state index in [1.54, 1.807) is 11.2 Å². The lowest BCUT2D eigenvalue weighted by Gasteiger charge is -2.37. The van der Waals surface area contributed by atoms with Gasteiger partial charge in [-0.05, 0) is 74.1 Å². The van der Waals surface area contributed by atoms with Gasteiger partial charge in [-0.25, -0.2) is 18.7 Å². The van der Waals surface area contributed by atoms with E-state index < -0.39 is 5.92 Å². The number of carbonyl (C=O) groups is 1. The smallest absolute Gasteiger partial charge is 0.266 e. The SMILES string of the molecule is Cc1cc(N2CCC(F)(F)C2)cc2c(N3CCc4ccc(C(=O)N5CCC(C)(N)CC5)cc4C3)ncnc12. The molecular formula is C29H34F2N6O. The van der Waals surface area contributed by atoms with Crippen molar-refractivity contribution in [3.63, 3.8) is 0 Å². The number of likely N-dealkylation sites (tertiary alicyclic amines) is 1. The topological polar surface area (TPSA) is 78.6 Å². The van der Waals surface area contributed by atoms with Gasteiger partial charge in [0.2, 0.25) is 0 Å². The van der Waals surface area contributed by atoms with Crippen molar-refractivity contribution >= 4 is 28.3 Å². The molecule has 2 N–H and O–H groups in total. The van der Waals surface area contributed by atoms with Crippen molar-refractivity contribution in [3.8, 4) is 0 Å². The van der Waals surface area contributed by atoms with E-state index in [-0.39, 0.29) is 24.4 Å². The zero-order chi connectivity index (χ0) is 26.7. The number of carbonyl (C=O) groups excluding carboxylic acids is 1. The van der Waals surface area contributed by atoms with E-state index in [4.69, 9.17) is 5.73 Å². The summed E-state index contributed by atoms with van der Waals surface area (Å²) in [6.45, 7) is 6.82. The second kappa shape index (κ2) is 9.15. The quantitative estimate of drug-likeness (QED) is 0.555. The number of piperidine rings is 1. The fraction of sp³-hybridized carbons (Fsp3) is 0.483. The first-order valence-corrected chi connectivity index (χ1v) is 13.4. The summed E-state index contributed by atoms with van der Waals surface area (Å²) in [5.41, 5.74) is 11.7. The third kappa shape index (κ3) is 4.68. The third-order valence-electron chi connectivity index (χ3n) is 8.39. The van der Waals surface area contributed by atoms with Crippen LogP contribution in [0.4, 0.5) is 20.3 Å². The molecule has 0 spiro atoms. The van der Waals surface area contributed by atoms with E-state index in [1.165, 1.54) is 5.56 Å². The van der Waals surface area contributed by atoms with Crippen molar-refractivity contribution in [2.24, 2.45) is 5.73 Å². The zero-order valence-corrected chi connectivity index (χ0v) is 22.0. The summed E-state index contributed by atoms with van der Waals surface area (Å²) in [5, 5.41) is 0.867. The van der Waals surface area contributed by atoms with Crippen LogP contribution in [0.3, 0.4) is 0 Å². The van der Waals surface area contributed by atoms with Crippen LogP contribution in [-0.4, -0.2) is 65.0 Å². The van der Waals surface area contributed by atoms with Gasteiger partial charge in [0.05, 0.1) is 12.1 Å². The lowest BCUT2D eigenvalue weighted by atomic mass is 9.90. The van der Waals surface area contributed by atoms with E-state index in [0.717, 1.165) is 59.3 Å². The first kappa shape index (κ1) is 25.0. The van der Waals surface area contributed by atoms with Gasteiger partial charge >= 0.3 is 0 Å². The molecule has 0 aliphatic carbocycles. The molecule has 6 rings (SSSR count). The number of aryl methyl sites for hydroxylation is 1. The van der Waals surface area contributed by atoms with E-state index in [9.17, 15) is 13.6 Å². The Morgan fingerprint density at radius 2 is 1.76 bits per heavy atom. The van der Waals surface area contributed by atoms with Crippen molar-refractivity contribution in [2.45, 2.75) is 57.5 Å². The molecule has 3 aromatic rings. The molecule has 7 nitrogen and oxygen atoms in total. The molecule has 1 aromatic heterocycles. The molecule has 38 heavy (non-hydrogen) atoms. The van der Waals surface area contributed by atoms with Crippen LogP contribution >= 0.6 is 0 Å². The number of nitrogens with zero attached hydrogens (tertiary/aromatic N) is 5. The lowest BCUT2D eigenvalue weighted by molar-refractivity contribution is 0.0257. The summed E-state index contributed by atoms with van der Waals surface area (Å²) < 4.78 is 27.9. The molecule has 3 aliphatic rings. The molecule has 3 aliphatic heterocycles. The minimum atomic E-state index is -2.66.